The number of hydrogen-bond donors (Lipinski definition) is 3. The minimum atomic E-state index is -0.712. The van der Waals surface area contributed by atoms with Crippen LogP contribution in [0.15, 0.2) is 24.3 Å². The van der Waals surface area contributed by atoms with Crippen LogP contribution in [0.5, 0.6) is 0 Å². The van der Waals surface area contributed by atoms with Crippen molar-refractivity contribution in [3.05, 3.63) is 35.4 Å². The number of fused-ring (bicyclic) bond motifs is 3. The quantitative estimate of drug-likeness (QED) is 0.635. The Kier molecular flexibility index (Phi) is 6.30. The number of hydrogen-bond acceptors (Lipinski definition) is 5. The molecule has 0 bridgehead atoms. The molecule has 0 radical (unpaired) electrons. The Balaban J connectivity index is 1.74. The van der Waals surface area contributed by atoms with Gasteiger partial charge in [-0.2, -0.15) is 0 Å². The lowest BCUT2D eigenvalue weighted by Gasteiger charge is -2.28. The molecule has 2 heterocycles. The van der Waals surface area contributed by atoms with Gasteiger partial charge in [0.1, 0.15) is 17.5 Å². The normalized spacial score (nSPS) is 23.6. The van der Waals surface area contributed by atoms with Crippen LogP contribution in [-0.4, -0.2) is 58.2 Å². The number of nitrogens with zero attached hydrogens (tertiary/aromatic N) is 1. The van der Waals surface area contributed by atoms with E-state index in [0.29, 0.717) is 17.7 Å². The maximum Gasteiger partial charge on any atom is 0.256 e. The fraction of sp³-hybridized carbons (Fsp3) is 0.550. The van der Waals surface area contributed by atoms with E-state index in [1.807, 2.05) is 32.0 Å². The summed E-state index contributed by atoms with van der Waals surface area (Å²) >= 11 is 1.57. The molecule has 0 aromatic heterocycles. The van der Waals surface area contributed by atoms with E-state index in [2.05, 4.69) is 10.6 Å². The third kappa shape index (κ3) is 3.75. The molecule has 7 nitrogen and oxygen atoms in total. The topological polar surface area (TPSA) is 98.7 Å². The van der Waals surface area contributed by atoms with Gasteiger partial charge >= 0.3 is 0 Å². The van der Waals surface area contributed by atoms with Crippen molar-refractivity contribution in [1.82, 2.24) is 15.5 Å². The fourth-order valence-corrected chi connectivity index (χ4v) is 5.04. The van der Waals surface area contributed by atoms with Crippen LogP contribution in [0.1, 0.15) is 48.5 Å². The molecule has 2 aliphatic rings. The molecular formula is C20H27N3O4S. The zero-order valence-corrected chi connectivity index (χ0v) is 17.2. The van der Waals surface area contributed by atoms with Crippen molar-refractivity contribution in [2.24, 2.45) is 5.92 Å². The molecule has 2 aliphatic heterocycles. The first-order chi connectivity index (χ1) is 13.4. The van der Waals surface area contributed by atoms with Crippen molar-refractivity contribution < 1.29 is 19.5 Å². The highest BCUT2D eigenvalue weighted by Gasteiger charge is 2.48. The summed E-state index contributed by atoms with van der Waals surface area (Å²) in [6, 6.07) is 5.73. The van der Waals surface area contributed by atoms with Crippen LogP contribution in [0.3, 0.4) is 0 Å². The Morgan fingerprint density at radius 3 is 2.68 bits per heavy atom. The van der Waals surface area contributed by atoms with E-state index in [9.17, 15) is 19.5 Å². The molecule has 0 saturated carbocycles. The minimum absolute atomic E-state index is 0.0776. The monoisotopic (exact) mass is 405 g/mol. The standard InChI is InChI=1S/C20H27N3O4S/c1-4-11(2)16(18(26)21-12(3)9-24)22-17(25)15-10-28-20-14-8-6-5-7-13(14)19(27)23(15)20/h5-8,11-12,15-16,20,24H,4,9-10H2,1-3H3,(H,21,26)(H,22,25)/t11-,12-,15-,16-,20-/m0/s1. The highest BCUT2D eigenvalue weighted by atomic mass is 32.2. The third-order valence-electron chi connectivity index (χ3n) is 5.45. The van der Waals surface area contributed by atoms with Gasteiger partial charge in [-0.3, -0.25) is 14.4 Å². The van der Waals surface area contributed by atoms with Crippen molar-refractivity contribution in [2.75, 3.05) is 12.4 Å². The molecule has 5 atom stereocenters. The van der Waals surface area contributed by atoms with E-state index in [-0.39, 0.29) is 35.6 Å². The van der Waals surface area contributed by atoms with E-state index in [4.69, 9.17) is 0 Å². The number of carbonyl (C=O) groups is 3. The molecule has 1 aromatic carbocycles. The lowest BCUT2D eigenvalue weighted by atomic mass is 9.97. The second-order valence-corrected chi connectivity index (χ2v) is 8.58. The Bertz CT molecular complexity index is 772. The first kappa shape index (κ1) is 20.7. The van der Waals surface area contributed by atoms with Crippen LogP contribution in [0.25, 0.3) is 0 Å². The summed E-state index contributed by atoms with van der Waals surface area (Å²) in [5.41, 5.74) is 1.59. The van der Waals surface area contributed by atoms with Gasteiger partial charge in [0, 0.05) is 17.4 Å². The van der Waals surface area contributed by atoms with Gasteiger partial charge in [0.15, 0.2) is 0 Å². The minimum Gasteiger partial charge on any atom is -0.394 e. The first-order valence-electron chi connectivity index (χ1n) is 9.63. The molecule has 1 fully saturated rings. The molecule has 1 aromatic rings. The molecule has 28 heavy (non-hydrogen) atoms. The van der Waals surface area contributed by atoms with E-state index in [1.165, 1.54) is 0 Å². The molecule has 1 saturated heterocycles. The average molecular weight is 406 g/mol. The summed E-state index contributed by atoms with van der Waals surface area (Å²) in [7, 11) is 0. The smallest absolute Gasteiger partial charge is 0.256 e. The van der Waals surface area contributed by atoms with Gasteiger partial charge in [0.05, 0.1) is 6.61 Å². The second-order valence-electron chi connectivity index (χ2n) is 7.47. The van der Waals surface area contributed by atoms with E-state index < -0.39 is 18.1 Å². The van der Waals surface area contributed by atoms with Crippen molar-refractivity contribution in [3.8, 4) is 0 Å². The Labute approximate surface area is 169 Å². The van der Waals surface area contributed by atoms with Gasteiger partial charge in [-0.15, -0.1) is 11.8 Å². The Morgan fingerprint density at radius 2 is 2.00 bits per heavy atom. The van der Waals surface area contributed by atoms with E-state index >= 15 is 0 Å². The summed E-state index contributed by atoms with van der Waals surface area (Å²) in [5.74, 6) is -0.343. The molecule has 8 heteroatoms. The van der Waals surface area contributed by atoms with Crippen molar-refractivity contribution >= 4 is 29.5 Å². The summed E-state index contributed by atoms with van der Waals surface area (Å²) in [6.45, 7) is 5.38. The van der Waals surface area contributed by atoms with E-state index in [0.717, 1.165) is 5.56 Å². The zero-order chi connectivity index (χ0) is 20.4. The highest BCUT2D eigenvalue weighted by molar-refractivity contribution is 7.99. The molecular weight excluding hydrogens is 378 g/mol. The molecule has 152 valence electrons. The number of thioether (sulfide) groups is 1. The van der Waals surface area contributed by atoms with Gasteiger partial charge in [0.25, 0.3) is 5.91 Å². The number of amides is 3. The molecule has 3 N–H and O–H groups in total. The summed E-state index contributed by atoms with van der Waals surface area (Å²) < 4.78 is 0. The van der Waals surface area contributed by atoms with Crippen LogP contribution in [0.4, 0.5) is 0 Å². The average Bonchev–Trinajstić information content (AvgIpc) is 3.25. The molecule has 3 amide bonds. The van der Waals surface area contributed by atoms with Gasteiger partial charge in [-0.1, -0.05) is 38.5 Å². The Morgan fingerprint density at radius 1 is 1.29 bits per heavy atom. The second kappa shape index (κ2) is 8.53. The number of nitrogens with one attached hydrogen (secondary N) is 2. The van der Waals surface area contributed by atoms with Crippen molar-refractivity contribution in [2.45, 2.75) is 50.7 Å². The predicted octanol–water partition coefficient (Wildman–Crippen LogP) is 1.28. The number of aliphatic hydroxyl groups excluding tert-OH is 1. The molecule has 0 unspecified atom stereocenters. The first-order valence-corrected chi connectivity index (χ1v) is 10.7. The summed E-state index contributed by atoms with van der Waals surface area (Å²) in [5, 5.41) is 14.6. The number of rotatable bonds is 7. The molecule has 0 spiro atoms. The third-order valence-corrected chi connectivity index (χ3v) is 6.76. The van der Waals surface area contributed by atoms with Crippen molar-refractivity contribution in [1.29, 1.82) is 0 Å². The van der Waals surface area contributed by atoms with Crippen LogP contribution in [0.2, 0.25) is 0 Å². The van der Waals surface area contributed by atoms with Gasteiger partial charge < -0.3 is 20.6 Å². The number of aliphatic hydroxyl groups is 1. The SMILES string of the molecule is CC[C@H](C)[C@H](NC(=O)[C@@H]1CS[C@H]2c3ccccc3C(=O)N12)C(=O)N[C@@H](C)CO. The zero-order valence-electron chi connectivity index (χ0n) is 16.3. The van der Waals surface area contributed by atoms with Gasteiger partial charge in [-0.25, -0.2) is 0 Å². The maximum atomic E-state index is 13.0. The van der Waals surface area contributed by atoms with Crippen LogP contribution in [0, 0.1) is 5.92 Å². The van der Waals surface area contributed by atoms with Crippen LogP contribution in [-0.2, 0) is 9.59 Å². The highest BCUT2D eigenvalue weighted by Crippen LogP contribution is 2.48. The van der Waals surface area contributed by atoms with Crippen molar-refractivity contribution in [3.63, 3.8) is 0 Å². The summed E-state index contributed by atoms with van der Waals surface area (Å²) in [4.78, 5) is 40.1. The van der Waals surface area contributed by atoms with Crippen LogP contribution >= 0.6 is 11.8 Å². The predicted molar refractivity (Wildman–Crippen MR) is 108 cm³/mol. The van der Waals surface area contributed by atoms with E-state index in [1.54, 1.807) is 29.7 Å². The largest absolute Gasteiger partial charge is 0.394 e. The summed E-state index contributed by atoms with van der Waals surface area (Å²) in [6.07, 6.45) is 0.710. The Hall–Kier alpha value is -2.06. The lowest BCUT2D eigenvalue weighted by Crippen LogP contribution is -2.56. The lowest BCUT2D eigenvalue weighted by molar-refractivity contribution is -0.132. The maximum absolute atomic E-state index is 13.0. The fourth-order valence-electron chi connectivity index (χ4n) is 3.57. The number of benzene rings is 1. The number of carbonyl (C=O) groups excluding carboxylic acids is 3. The van der Waals surface area contributed by atoms with Gasteiger partial charge in [0.2, 0.25) is 11.8 Å². The van der Waals surface area contributed by atoms with Crippen LogP contribution < -0.4 is 10.6 Å². The van der Waals surface area contributed by atoms with Gasteiger partial charge in [-0.05, 0) is 24.5 Å². The molecule has 3 rings (SSSR count). The molecule has 0 aliphatic carbocycles.